The van der Waals surface area contributed by atoms with Crippen molar-refractivity contribution >= 4 is 27.7 Å². The Kier molecular flexibility index (Phi) is 8.24. The monoisotopic (exact) mass is 444 g/mol. The third kappa shape index (κ3) is 6.48. The van der Waals surface area contributed by atoms with E-state index in [2.05, 4.69) is 21.2 Å². The molecule has 2 aromatic rings. The van der Waals surface area contributed by atoms with Gasteiger partial charge in [0.05, 0.1) is 6.42 Å². The van der Waals surface area contributed by atoms with Crippen molar-refractivity contribution in [3.8, 4) is 0 Å². The SMILES string of the molecule is Cc1ccccc1CC(=O)N(Cc1ccc(Br)cc1)[C@H](C)C(=O)NCC(C)C. The fourth-order valence-electron chi connectivity index (χ4n) is 2.89. The van der Waals surface area contributed by atoms with Crippen LogP contribution >= 0.6 is 15.9 Å². The highest BCUT2D eigenvalue weighted by Crippen LogP contribution is 2.16. The van der Waals surface area contributed by atoms with Gasteiger partial charge in [-0.05, 0) is 48.6 Å². The van der Waals surface area contributed by atoms with Gasteiger partial charge in [-0.25, -0.2) is 0 Å². The number of hydrogen-bond donors (Lipinski definition) is 1. The molecule has 0 fully saturated rings. The number of aryl methyl sites for hydroxylation is 1. The highest BCUT2D eigenvalue weighted by molar-refractivity contribution is 9.10. The van der Waals surface area contributed by atoms with E-state index in [9.17, 15) is 9.59 Å². The van der Waals surface area contributed by atoms with E-state index in [4.69, 9.17) is 0 Å². The van der Waals surface area contributed by atoms with E-state index in [0.29, 0.717) is 19.0 Å². The van der Waals surface area contributed by atoms with Gasteiger partial charge in [-0.3, -0.25) is 9.59 Å². The van der Waals surface area contributed by atoms with Crippen LogP contribution in [0.3, 0.4) is 0 Å². The smallest absolute Gasteiger partial charge is 0.242 e. The number of carbonyl (C=O) groups excluding carboxylic acids is 2. The zero-order valence-corrected chi connectivity index (χ0v) is 18.6. The lowest BCUT2D eigenvalue weighted by Gasteiger charge is -2.29. The average molecular weight is 445 g/mol. The molecule has 2 aromatic carbocycles. The third-order valence-corrected chi connectivity index (χ3v) is 5.25. The molecule has 1 N–H and O–H groups in total. The van der Waals surface area contributed by atoms with Gasteiger partial charge in [0.2, 0.25) is 11.8 Å². The first kappa shape index (κ1) is 22.2. The fourth-order valence-corrected chi connectivity index (χ4v) is 3.16. The summed E-state index contributed by atoms with van der Waals surface area (Å²) in [6, 6.07) is 15.2. The summed E-state index contributed by atoms with van der Waals surface area (Å²) >= 11 is 3.43. The first-order valence-corrected chi connectivity index (χ1v) is 10.4. The Bertz CT molecular complexity index is 803. The Morgan fingerprint density at radius 3 is 2.29 bits per heavy atom. The molecule has 28 heavy (non-hydrogen) atoms. The first-order chi connectivity index (χ1) is 13.3. The van der Waals surface area contributed by atoms with E-state index < -0.39 is 6.04 Å². The molecule has 0 bridgehead atoms. The van der Waals surface area contributed by atoms with Crippen LogP contribution in [0.4, 0.5) is 0 Å². The molecule has 0 aliphatic heterocycles. The van der Waals surface area contributed by atoms with E-state index in [-0.39, 0.29) is 18.2 Å². The summed E-state index contributed by atoms with van der Waals surface area (Å²) in [6.07, 6.45) is 0.283. The number of halogens is 1. The minimum absolute atomic E-state index is 0.0515. The van der Waals surface area contributed by atoms with Crippen molar-refractivity contribution in [2.24, 2.45) is 5.92 Å². The molecule has 2 rings (SSSR count). The molecular weight excluding hydrogens is 416 g/mol. The summed E-state index contributed by atoms with van der Waals surface area (Å²) in [5.41, 5.74) is 3.06. The van der Waals surface area contributed by atoms with Gasteiger partial charge in [-0.1, -0.05) is 66.2 Å². The summed E-state index contributed by atoms with van der Waals surface area (Å²) in [5.74, 6) is 0.187. The first-order valence-electron chi connectivity index (χ1n) is 9.64. The van der Waals surface area contributed by atoms with Crippen LogP contribution in [0.5, 0.6) is 0 Å². The summed E-state index contributed by atoms with van der Waals surface area (Å²) < 4.78 is 0.983. The number of benzene rings is 2. The van der Waals surface area contributed by atoms with Gasteiger partial charge >= 0.3 is 0 Å². The van der Waals surface area contributed by atoms with Gasteiger partial charge < -0.3 is 10.2 Å². The molecule has 0 saturated carbocycles. The summed E-state index contributed by atoms with van der Waals surface area (Å²) in [6.45, 7) is 8.89. The van der Waals surface area contributed by atoms with Crippen LogP contribution in [-0.4, -0.2) is 29.3 Å². The molecule has 150 valence electrons. The lowest BCUT2D eigenvalue weighted by Crippen LogP contribution is -2.48. The van der Waals surface area contributed by atoms with Crippen LogP contribution in [0, 0.1) is 12.8 Å². The predicted octanol–water partition coefficient (Wildman–Crippen LogP) is 4.49. The number of hydrogen-bond acceptors (Lipinski definition) is 2. The molecule has 0 heterocycles. The standard InChI is InChI=1S/C23H29BrN2O2/c1-16(2)14-25-23(28)18(4)26(15-19-9-11-21(24)12-10-19)22(27)13-20-8-6-5-7-17(20)3/h5-12,16,18H,13-15H2,1-4H3,(H,25,28)/t18-/m1/s1. The molecule has 4 nitrogen and oxygen atoms in total. The van der Waals surface area contributed by atoms with Crippen LogP contribution in [0.15, 0.2) is 53.0 Å². The van der Waals surface area contributed by atoms with Crippen LogP contribution < -0.4 is 5.32 Å². The summed E-state index contributed by atoms with van der Waals surface area (Å²) in [5, 5.41) is 2.95. The van der Waals surface area contributed by atoms with Crippen LogP contribution in [0.25, 0.3) is 0 Å². The molecule has 0 aliphatic rings. The van der Waals surface area contributed by atoms with Gasteiger partial charge in [0.1, 0.15) is 6.04 Å². The Morgan fingerprint density at radius 2 is 1.68 bits per heavy atom. The number of carbonyl (C=O) groups is 2. The van der Waals surface area contributed by atoms with Gasteiger partial charge in [-0.15, -0.1) is 0 Å². The van der Waals surface area contributed by atoms with Gasteiger partial charge in [0.25, 0.3) is 0 Å². The average Bonchev–Trinajstić information content (AvgIpc) is 2.66. The van der Waals surface area contributed by atoms with Gasteiger partial charge in [0.15, 0.2) is 0 Å². The molecule has 0 spiro atoms. The van der Waals surface area contributed by atoms with E-state index in [1.165, 1.54) is 0 Å². The van der Waals surface area contributed by atoms with E-state index in [1.54, 1.807) is 11.8 Å². The van der Waals surface area contributed by atoms with Gasteiger partial charge in [-0.2, -0.15) is 0 Å². The fraction of sp³-hybridized carbons (Fsp3) is 0.391. The molecular formula is C23H29BrN2O2. The largest absolute Gasteiger partial charge is 0.354 e. The lowest BCUT2D eigenvalue weighted by molar-refractivity contribution is -0.140. The minimum atomic E-state index is -0.543. The van der Waals surface area contributed by atoms with Crippen LogP contribution in [0.1, 0.15) is 37.5 Å². The van der Waals surface area contributed by atoms with E-state index in [0.717, 1.165) is 21.2 Å². The third-order valence-electron chi connectivity index (χ3n) is 4.72. The number of nitrogens with zero attached hydrogens (tertiary/aromatic N) is 1. The van der Waals surface area contributed by atoms with Crippen LogP contribution in [-0.2, 0) is 22.6 Å². The topological polar surface area (TPSA) is 49.4 Å². The summed E-state index contributed by atoms with van der Waals surface area (Å²) in [4.78, 5) is 27.5. The Balaban J connectivity index is 2.21. The number of nitrogens with one attached hydrogen (secondary N) is 1. The maximum Gasteiger partial charge on any atom is 0.242 e. The second kappa shape index (κ2) is 10.4. The molecule has 5 heteroatoms. The molecule has 2 amide bonds. The second-order valence-corrected chi connectivity index (χ2v) is 8.48. The quantitative estimate of drug-likeness (QED) is 0.651. The zero-order chi connectivity index (χ0) is 20.7. The molecule has 0 aliphatic carbocycles. The van der Waals surface area contributed by atoms with Crippen molar-refractivity contribution in [3.05, 3.63) is 69.7 Å². The Hall–Kier alpha value is -2.14. The molecule has 0 unspecified atom stereocenters. The Morgan fingerprint density at radius 1 is 1.04 bits per heavy atom. The van der Waals surface area contributed by atoms with Crippen molar-refractivity contribution in [3.63, 3.8) is 0 Å². The molecule has 1 atom stereocenters. The highest BCUT2D eigenvalue weighted by atomic mass is 79.9. The lowest BCUT2D eigenvalue weighted by atomic mass is 10.0. The molecule has 0 aromatic heterocycles. The summed E-state index contributed by atoms with van der Waals surface area (Å²) in [7, 11) is 0. The van der Waals surface area contributed by atoms with E-state index in [1.807, 2.05) is 69.3 Å². The maximum atomic E-state index is 13.2. The number of amides is 2. The van der Waals surface area contributed by atoms with E-state index >= 15 is 0 Å². The zero-order valence-electron chi connectivity index (χ0n) is 17.0. The molecule has 0 saturated heterocycles. The van der Waals surface area contributed by atoms with Crippen molar-refractivity contribution < 1.29 is 9.59 Å². The Labute approximate surface area is 176 Å². The number of rotatable bonds is 8. The molecule has 0 radical (unpaired) electrons. The van der Waals surface area contributed by atoms with Crippen molar-refractivity contribution in [1.29, 1.82) is 0 Å². The minimum Gasteiger partial charge on any atom is -0.354 e. The van der Waals surface area contributed by atoms with Crippen molar-refractivity contribution in [1.82, 2.24) is 10.2 Å². The predicted molar refractivity (Wildman–Crippen MR) is 117 cm³/mol. The normalized spacial score (nSPS) is 11.9. The van der Waals surface area contributed by atoms with Crippen molar-refractivity contribution in [2.45, 2.75) is 46.7 Å². The second-order valence-electron chi connectivity index (χ2n) is 7.57. The van der Waals surface area contributed by atoms with Gasteiger partial charge in [0, 0.05) is 17.6 Å². The van der Waals surface area contributed by atoms with Crippen molar-refractivity contribution in [2.75, 3.05) is 6.54 Å². The van der Waals surface area contributed by atoms with Crippen LogP contribution in [0.2, 0.25) is 0 Å². The maximum absolute atomic E-state index is 13.2. The highest BCUT2D eigenvalue weighted by Gasteiger charge is 2.26.